The predicted octanol–water partition coefficient (Wildman–Crippen LogP) is 4.64. The molecule has 176 valence electrons. The zero-order valence-electron chi connectivity index (χ0n) is 17.9. The topological polar surface area (TPSA) is 65.1 Å². The molecular formula is C22H26F3NO5S. The number of nitrogens with zero attached hydrogens (tertiary/aromatic N) is 1. The van der Waals surface area contributed by atoms with Gasteiger partial charge in [-0.2, -0.15) is 4.31 Å². The minimum absolute atomic E-state index is 0.0477. The summed E-state index contributed by atoms with van der Waals surface area (Å²) in [5.41, 5.74) is 1.07. The first-order valence-electron chi connectivity index (χ1n) is 10.2. The van der Waals surface area contributed by atoms with Gasteiger partial charge in [0.2, 0.25) is 10.0 Å². The van der Waals surface area contributed by atoms with Crippen molar-refractivity contribution in [1.29, 1.82) is 0 Å². The van der Waals surface area contributed by atoms with E-state index in [0.29, 0.717) is 31.8 Å². The van der Waals surface area contributed by atoms with Gasteiger partial charge >= 0.3 is 6.36 Å². The van der Waals surface area contributed by atoms with Crippen LogP contribution in [0.1, 0.15) is 24.8 Å². The van der Waals surface area contributed by atoms with Crippen LogP contribution in [-0.2, 0) is 16.4 Å². The molecule has 3 rings (SSSR count). The molecule has 0 N–H and O–H groups in total. The second-order valence-electron chi connectivity index (χ2n) is 7.58. The molecule has 0 amide bonds. The number of piperidine rings is 1. The Morgan fingerprint density at radius 3 is 2.16 bits per heavy atom. The van der Waals surface area contributed by atoms with Crippen LogP contribution >= 0.6 is 0 Å². The van der Waals surface area contributed by atoms with Crippen molar-refractivity contribution in [3.05, 3.63) is 48.0 Å². The summed E-state index contributed by atoms with van der Waals surface area (Å²) in [4.78, 5) is -0.0477. The molecule has 1 fully saturated rings. The lowest BCUT2D eigenvalue weighted by atomic mass is 9.91. The standard InChI is InChI=1S/C22H26F3NO5S/c1-29-19-6-5-17(21(15-19)30-2)4-3-16-11-13-26(14-12-16)32(27,28)20-9-7-18(8-10-20)31-22(23,24)25/h5-10,15-16H,3-4,11-14H2,1-2H3. The van der Waals surface area contributed by atoms with Crippen molar-refractivity contribution < 1.29 is 35.8 Å². The van der Waals surface area contributed by atoms with Crippen molar-refractivity contribution in [2.75, 3.05) is 27.3 Å². The molecule has 1 aliphatic heterocycles. The molecule has 0 saturated carbocycles. The lowest BCUT2D eigenvalue weighted by Crippen LogP contribution is -2.38. The summed E-state index contributed by atoms with van der Waals surface area (Å²) in [6.07, 6.45) is -1.68. The smallest absolute Gasteiger partial charge is 0.497 e. The Morgan fingerprint density at radius 1 is 0.969 bits per heavy atom. The molecule has 1 saturated heterocycles. The first-order chi connectivity index (χ1) is 15.1. The lowest BCUT2D eigenvalue weighted by molar-refractivity contribution is -0.274. The predicted molar refractivity (Wildman–Crippen MR) is 112 cm³/mol. The molecule has 1 heterocycles. The van der Waals surface area contributed by atoms with Crippen molar-refractivity contribution in [1.82, 2.24) is 4.31 Å². The first-order valence-corrected chi connectivity index (χ1v) is 11.6. The van der Waals surface area contributed by atoms with Gasteiger partial charge in [-0.3, -0.25) is 0 Å². The van der Waals surface area contributed by atoms with Gasteiger partial charge in [0.1, 0.15) is 17.2 Å². The van der Waals surface area contributed by atoms with Gasteiger partial charge < -0.3 is 14.2 Å². The second-order valence-corrected chi connectivity index (χ2v) is 9.52. The summed E-state index contributed by atoms with van der Waals surface area (Å²) < 4.78 is 78.4. The number of rotatable bonds is 8. The fourth-order valence-corrected chi connectivity index (χ4v) is 5.29. The van der Waals surface area contributed by atoms with E-state index >= 15 is 0 Å². The minimum Gasteiger partial charge on any atom is -0.497 e. The molecule has 2 aromatic carbocycles. The van der Waals surface area contributed by atoms with Gasteiger partial charge in [-0.25, -0.2) is 8.42 Å². The van der Waals surface area contributed by atoms with Crippen LogP contribution in [0.15, 0.2) is 47.4 Å². The Kier molecular flexibility index (Phi) is 7.55. The Balaban J connectivity index is 1.56. The zero-order valence-corrected chi connectivity index (χ0v) is 18.7. The van der Waals surface area contributed by atoms with Crippen molar-refractivity contribution in [3.8, 4) is 17.2 Å². The van der Waals surface area contributed by atoms with Crippen molar-refractivity contribution in [3.63, 3.8) is 0 Å². The van der Waals surface area contributed by atoms with Crippen LogP contribution in [0.5, 0.6) is 17.2 Å². The Morgan fingerprint density at radius 2 is 1.59 bits per heavy atom. The Hall–Kier alpha value is -2.46. The molecule has 1 aliphatic rings. The van der Waals surface area contributed by atoms with E-state index in [1.807, 2.05) is 18.2 Å². The third kappa shape index (κ3) is 6.07. The van der Waals surface area contributed by atoms with Gasteiger partial charge in [-0.15, -0.1) is 13.2 Å². The van der Waals surface area contributed by atoms with Gasteiger partial charge in [-0.1, -0.05) is 6.07 Å². The molecule has 0 bridgehead atoms. The number of hydrogen-bond acceptors (Lipinski definition) is 5. The number of aryl methyl sites for hydroxylation is 1. The second kappa shape index (κ2) is 9.99. The molecular weight excluding hydrogens is 447 g/mol. The van der Waals surface area contributed by atoms with Gasteiger partial charge in [0.25, 0.3) is 0 Å². The van der Waals surface area contributed by atoms with Crippen LogP contribution in [0.3, 0.4) is 0 Å². The number of halogens is 3. The third-order valence-corrected chi connectivity index (χ3v) is 7.50. The highest BCUT2D eigenvalue weighted by atomic mass is 32.2. The van der Waals surface area contributed by atoms with E-state index in [2.05, 4.69) is 4.74 Å². The molecule has 32 heavy (non-hydrogen) atoms. The third-order valence-electron chi connectivity index (χ3n) is 5.58. The number of methoxy groups -OCH3 is 2. The first kappa shape index (κ1) is 24.2. The number of alkyl halides is 3. The quantitative estimate of drug-likeness (QED) is 0.559. The number of ether oxygens (including phenoxy) is 3. The average Bonchev–Trinajstić information content (AvgIpc) is 2.77. The molecule has 0 aliphatic carbocycles. The SMILES string of the molecule is COc1ccc(CCC2CCN(S(=O)(=O)c3ccc(OC(F)(F)F)cc3)CC2)c(OC)c1. The summed E-state index contributed by atoms with van der Waals surface area (Å²) in [6, 6.07) is 10.00. The summed E-state index contributed by atoms with van der Waals surface area (Å²) in [5, 5.41) is 0. The van der Waals surface area contributed by atoms with E-state index in [-0.39, 0.29) is 4.90 Å². The Bertz CT molecular complexity index is 1000. The lowest BCUT2D eigenvalue weighted by Gasteiger charge is -2.31. The summed E-state index contributed by atoms with van der Waals surface area (Å²) in [7, 11) is -0.556. The van der Waals surface area contributed by atoms with E-state index in [1.165, 1.54) is 4.31 Å². The van der Waals surface area contributed by atoms with E-state index in [4.69, 9.17) is 9.47 Å². The molecule has 10 heteroatoms. The highest BCUT2D eigenvalue weighted by molar-refractivity contribution is 7.89. The molecule has 0 aromatic heterocycles. The maximum absolute atomic E-state index is 12.8. The highest BCUT2D eigenvalue weighted by Gasteiger charge is 2.32. The van der Waals surface area contributed by atoms with E-state index in [1.54, 1.807) is 14.2 Å². The molecule has 0 unspecified atom stereocenters. The van der Waals surface area contributed by atoms with Crippen LogP contribution in [0.2, 0.25) is 0 Å². The number of hydrogen-bond donors (Lipinski definition) is 0. The largest absolute Gasteiger partial charge is 0.573 e. The summed E-state index contributed by atoms with van der Waals surface area (Å²) >= 11 is 0. The molecule has 0 spiro atoms. The molecule has 0 radical (unpaired) electrons. The van der Waals surface area contributed by atoms with Crippen LogP contribution in [-0.4, -0.2) is 46.4 Å². The highest BCUT2D eigenvalue weighted by Crippen LogP contribution is 2.31. The van der Waals surface area contributed by atoms with Gasteiger partial charge in [0, 0.05) is 19.2 Å². The maximum atomic E-state index is 12.8. The van der Waals surface area contributed by atoms with Crippen LogP contribution in [0.4, 0.5) is 13.2 Å². The fraction of sp³-hybridized carbons (Fsp3) is 0.455. The van der Waals surface area contributed by atoms with Crippen LogP contribution in [0.25, 0.3) is 0 Å². The minimum atomic E-state index is -4.82. The van der Waals surface area contributed by atoms with Gasteiger partial charge in [0.05, 0.1) is 19.1 Å². The fourth-order valence-electron chi connectivity index (χ4n) is 3.82. The monoisotopic (exact) mass is 473 g/mol. The van der Waals surface area contributed by atoms with E-state index in [9.17, 15) is 21.6 Å². The van der Waals surface area contributed by atoms with Crippen molar-refractivity contribution in [2.45, 2.75) is 36.9 Å². The van der Waals surface area contributed by atoms with Gasteiger partial charge in [-0.05, 0) is 67.5 Å². The summed E-state index contributed by atoms with van der Waals surface area (Å²) in [5.74, 6) is 1.41. The summed E-state index contributed by atoms with van der Waals surface area (Å²) in [6.45, 7) is 0.737. The number of benzene rings is 2. The molecule has 0 atom stereocenters. The number of sulfonamides is 1. The van der Waals surface area contributed by atoms with Crippen molar-refractivity contribution in [2.24, 2.45) is 5.92 Å². The van der Waals surface area contributed by atoms with Crippen LogP contribution in [0, 0.1) is 5.92 Å². The average molecular weight is 474 g/mol. The van der Waals surface area contributed by atoms with E-state index < -0.39 is 22.1 Å². The zero-order chi connectivity index (χ0) is 23.4. The van der Waals surface area contributed by atoms with Crippen molar-refractivity contribution >= 4 is 10.0 Å². The van der Waals surface area contributed by atoms with Crippen LogP contribution < -0.4 is 14.2 Å². The van der Waals surface area contributed by atoms with Gasteiger partial charge in [0.15, 0.2) is 0 Å². The molecule has 6 nitrogen and oxygen atoms in total. The normalized spacial score (nSPS) is 16.0. The Labute approximate surface area is 185 Å². The van der Waals surface area contributed by atoms with E-state index in [0.717, 1.165) is 54.2 Å². The maximum Gasteiger partial charge on any atom is 0.573 e. The molecule has 2 aromatic rings.